The highest BCUT2D eigenvalue weighted by Crippen LogP contribution is 2.20. The molecular weight excluding hydrogens is 207 g/mol. The molecule has 0 fully saturated rings. The quantitative estimate of drug-likeness (QED) is 0.501. The second kappa shape index (κ2) is 3.50. The van der Waals surface area contributed by atoms with Crippen molar-refractivity contribution in [2.75, 3.05) is 0 Å². The molecule has 0 nitrogen and oxygen atoms in total. The van der Waals surface area contributed by atoms with Crippen LogP contribution in [0.5, 0.6) is 0 Å². The van der Waals surface area contributed by atoms with E-state index in [0.29, 0.717) is 4.83 Å². The van der Waals surface area contributed by atoms with Crippen LogP contribution in [0.15, 0.2) is 24.3 Å². The van der Waals surface area contributed by atoms with Gasteiger partial charge in [0.1, 0.15) is 0 Å². The van der Waals surface area contributed by atoms with E-state index >= 15 is 0 Å². The molecular formula is C8H10BrP. The maximum Gasteiger partial charge on any atom is 0.0373 e. The molecule has 54 valence electrons. The van der Waals surface area contributed by atoms with Gasteiger partial charge in [-0.05, 0) is 17.8 Å². The largest absolute Gasteiger partial charge is 0.105 e. The van der Waals surface area contributed by atoms with Crippen molar-refractivity contribution in [2.45, 2.75) is 11.8 Å². The predicted molar refractivity (Wildman–Crippen MR) is 53.1 cm³/mol. The number of rotatable bonds is 1. The Morgan fingerprint density at radius 1 is 1.40 bits per heavy atom. The first-order valence-electron chi connectivity index (χ1n) is 3.20. The summed E-state index contributed by atoms with van der Waals surface area (Å²) in [6.45, 7) is 2.13. The van der Waals surface area contributed by atoms with E-state index in [-0.39, 0.29) is 0 Å². The lowest BCUT2D eigenvalue weighted by atomic mass is 10.2. The van der Waals surface area contributed by atoms with Gasteiger partial charge in [0.05, 0.1) is 0 Å². The molecule has 0 heterocycles. The fraction of sp³-hybridized carbons (Fsp3) is 0.250. The molecule has 0 aliphatic heterocycles. The third-order valence-electron chi connectivity index (χ3n) is 1.42. The first-order chi connectivity index (χ1) is 4.72. The molecule has 0 saturated heterocycles. The zero-order valence-electron chi connectivity index (χ0n) is 5.84. The summed E-state index contributed by atoms with van der Waals surface area (Å²) >= 11 is 3.52. The third-order valence-corrected chi connectivity index (χ3v) is 2.44. The predicted octanol–water partition coefficient (Wildman–Crippen LogP) is 2.64. The van der Waals surface area contributed by atoms with Gasteiger partial charge in [0.2, 0.25) is 0 Å². The van der Waals surface area contributed by atoms with Crippen LogP contribution in [0.2, 0.25) is 0 Å². The normalized spacial score (nSPS) is 13.1. The summed E-state index contributed by atoms with van der Waals surface area (Å²) in [5.74, 6) is 0. The van der Waals surface area contributed by atoms with Gasteiger partial charge >= 0.3 is 0 Å². The Balaban J connectivity index is 3.03. The second-order valence-electron chi connectivity index (χ2n) is 2.24. The third kappa shape index (κ3) is 1.81. The number of halogens is 1. The number of alkyl halides is 1. The van der Waals surface area contributed by atoms with Crippen molar-refractivity contribution in [1.29, 1.82) is 0 Å². The van der Waals surface area contributed by atoms with E-state index in [9.17, 15) is 0 Å². The van der Waals surface area contributed by atoms with Gasteiger partial charge in [0.15, 0.2) is 0 Å². The average Bonchev–Trinajstić information content (AvgIpc) is 1.88. The van der Waals surface area contributed by atoms with E-state index in [1.54, 1.807) is 0 Å². The van der Waals surface area contributed by atoms with Crippen LogP contribution in [-0.2, 0) is 0 Å². The van der Waals surface area contributed by atoms with Crippen LogP contribution in [0.3, 0.4) is 0 Å². The first-order valence-corrected chi connectivity index (χ1v) is 4.69. The van der Waals surface area contributed by atoms with E-state index in [0.717, 1.165) is 0 Å². The molecule has 1 rings (SSSR count). The molecule has 0 aromatic heterocycles. The Labute approximate surface area is 72.4 Å². The maximum absolute atomic E-state index is 3.52. The van der Waals surface area contributed by atoms with E-state index in [2.05, 4.69) is 50.3 Å². The van der Waals surface area contributed by atoms with Crippen LogP contribution in [0.4, 0.5) is 0 Å². The zero-order chi connectivity index (χ0) is 7.56. The van der Waals surface area contributed by atoms with Crippen LogP contribution in [0.1, 0.15) is 17.3 Å². The molecule has 2 atom stereocenters. The highest BCUT2D eigenvalue weighted by Gasteiger charge is 2.01. The van der Waals surface area contributed by atoms with E-state index < -0.39 is 0 Å². The molecule has 0 aliphatic rings. The van der Waals surface area contributed by atoms with Gasteiger partial charge in [-0.15, -0.1) is 9.24 Å². The molecule has 2 heteroatoms. The highest BCUT2D eigenvalue weighted by atomic mass is 79.9. The maximum atomic E-state index is 3.52. The van der Waals surface area contributed by atoms with Crippen molar-refractivity contribution >= 4 is 30.5 Å². The fourth-order valence-corrected chi connectivity index (χ4v) is 1.99. The second-order valence-corrected chi connectivity index (χ2v) is 4.24. The molecule has 1 aromatic rings. The molecule has 0 amide bonds. The van der Waals surface area contributed by atoms with Crippen LogP contribution >= 0.6 is 25.2 Å². The number of benzene rings is 1. The van der Waals surface area contributed by atoms with Gasteiger partial charge in [-0.1, -0.05) is 40.2 Å². The molecule has 2 unspecified atom stereocenters. The van der Waals surface area contributed by atoms with Gasteiger partial charge in [-0.2, -0.15) is 0 Å². The topological polar surface area (TPSA) is 0 Å². The van der Waals surface area contributed by atoms with Gasteiger partial charge in [-0.3, -0.25) is 0 Å². The minimum Gasteiger partial charge on any atom is -0.105 e. The standard InChI is InChI=1S/C8H10BrP/c1-6(9)7-4-2-3-5-8(7)10/h2-6H,10H2,1H3. The first kappa shape index (κ1) is 8.23. The van der Waals surface area contributed by atoms with Gasteiger partial charge in [0, 0.05) is 4.83 Å². The Morgan fingerprint density at radius 3 is 2.40 bits per heavy atom. The van der Waals surface area contributed by atoms with Crippen LogP contribution < -0.4 is 5.30 Å². The lowest BCUT2D eigenvalue weighted by Gasteiger charge is -2.05. The van der Waals surface area contributed by atoms with Crippen LogP contribution in [-0.4, -0.2) is 0 Å². The molecule has 1 aromatic carbocycles. The molecule has 0 spiro atoms. The van der Waals surface area contributed by atoms with Crippen molar-refractivity contribution in [3.63, 3.8) is 0 Å². The number of hydrogen-bond acceptors (Lipinski definition) is 0. The fourth-order valence-electron chi connectivity index (χ4n) is 0.873. The van der Waals surface area contributed by atoms with Crippen LogP contribution in [0, 0.1) is 0 Å². The average molecular weight is 217 g/mol. The van der Waals surface area contributed by atoms with E-state index in [1.807, 2.05) is 6.07 Å². The molecule has 0 saturated carbocycles. The summed E-state index contributed by atoms with van der Waals surface area (Å²) in [4.78, 5) is 0.446. The summed E-state index contributed by atoms with van der Waals surface area (Å²) in [6, 6.07) is 8.32. The Kier molecular flexibility index (Phi) is 2.88. The monoisotopic (exact) mass is 216 g/mol. The summed E-state index contributed by atoms with van der Waals surface area (Å²) < 4.78 is 0. The Hall–Kier alpha value is 0.130. The zero-order valence-corrected chi connectivity index (χ0v) is 8.58. The van der Waals surface area contributed by atoms with Crippen molar-refractivity contribution in [1.82, 2.24) is 0 Å². The van der Waals surface area contributed by atoms with Crippen molar-refractivity contribution < 1.29 is 0 Å². The minimum absolute atomic E-state index is 0.446. The van der Waals surface area contributed by atoms with E-state index in [4.69, 9.17) is 0 Å². The van der Waals surface area contributed by atoms with E-state index in [1.165, 1.54) is 10.9 Å². The lowest BCUT2D eigenvalue weighted by Crippen LogP contribution is -1.99. The smallest absolute Gasteiger partial charge is 0.0373 e. The lowest BCUT2D eigenvalue weighted by molar-refractivity contribution is 1.14. The van der Waals surface area contributed by atoms with Gasteiger partial charge < -0.3 is 0 Å². The minimum atomic E-state index is 0.446. The summed E-state index contributed by atoms with van der Waals surface area (Å²) in [5, 5.41) is 1.27. The Bertz CT molecular complexity index is 220. The molecule has 0 radical (unpaired) electrons. The van der Waals surface area contributed by atoms with Gasteiger partial charge in [0.25, 0.3) is 0 Å². The molecule has 10 heavy (non-hydrogen) atoms. The van der Waals surface area contributed by atoms with Gasteiger partial charge in [-0.25, -0.2) is 0 Å². The SMILES string of the molecule is CC(Br)c1ccccc1P. The summed E-state index contributed by atoms with van der Waals surface area (Å²) in [7, 11) is 2.73. The molecule has 0 N–H and O–H groups in total. The van der Waals surface area contributed by atoms with Crippen LogP contribution in [0.25, 0.3) is 0 Å². The summed E-state index contributed by atoms with van der Waals surface area (Å²) in [6.07, 6.45) is 0. The summed E-state index contributed by atoms with van der Waals surface area (Å²) in [5.41, 5.74) is 1.34. The number of hydrogen-bond donors (Lipinski definition) is 0. The van der Waals surface area contributed by atoms with Crippen molar-refractivity contribution in [3.05, 3.63) is 29.8 Å². The van der Waals surface area contributed by atoms with Crippen molar-refractivity contribution in [2.24, 2.45) is 0 Å². The Morgan fingerprint density at radius 2 is 2.00 bits per heavy atom. The molecule has 0 bridgehead atoms. The molecule has 0 aliphatic carbocycles. The highest BCUT2D eigenvalue weighted by molar-refractivity contribution is 9.09. The van der Waals surface area contributed by atoms with Crippen molar-refractivity contribution in [3.8, 4) is 0 Å².